The third-order valence-electron chi connectivity index (χ3n) is 14.4. The fourth-order valence-electron chi connectivity index (χ4n) is 10.4. The van der Waals surface area contributed by atoms with Crippen LogP contribution in [0.25, 0.3) is 0 Å². The number of ether oxygens (including phenoxy) is 10. The number of hydrogen-bond donors (Lipinski definition) is 1. The van der Waals surface area contributed by atoms with Crippen LogP contribution in [0.1, 0.15) is 102 Å². The van der Waals surface area contributed by atoms with Gasteiger partial charge in [-0.1, -0.05) is 27.7 Å². The molecule has 336 valence electrons. The first-order chi connectivity index (χ1) is 26.9. The predicted molar refractivity (Wildman–Crippen MR) is 213 cm³/mol. The maximum atomic E-state index is 14.6. The number of ketones is 1. The summed E-state index contributed by atoms with van der Waals surface area (Å²) in [6.07, 6.45) is -5.95. The average Bonchev–Trinajstić information content (AvgIpc) is 3.17. The van der Waals surface area contributed by atoms with Crippen molar-refractivity contribution in [2.45, 2.75) is 186 Å². The molecule has 0 saturated carbocycles. The molecule has 1 unspecified atom stereocenters. The molecule has 4 fully saturated rings. The van der Waals surface area contributed by atoms with E-state index in [4.69, 9.17) is 47.4 Å². The molecular formula is C43H75NO14. The quantitative estimate of drug-likeness (QED) is 0.309. The van der Waals surface area contributed by atoms with E-state index in [-0.39, 0.29) is 37.2 Å². The molecule has 0 bridgehead atoms. The topological polar surface area (TPSA) is 167 Å². The number of aliphatic hydroxyl groups is 1. The van der Waals surface area contributed by atoms with Crippen LogP contribution >= 0.6 is 0 Å². The van der Waals surface area contributed by atoms with E-state index in [1.807, 2.05) is 55.6 Å². The van der Waals surface area contributed by atoms with Crippen LogP contribution in [0.15, 0.2) is 0 Å². The van der Waals surface area contributed by atoms with Gasteiger partial charge in [0.15, 0.2) is 12.6 Å². The van der Waals surface area contributed by atoms with Gasteiger partial charge in [-0.2, -0.15) is 0 Å². The summed E-state index contributed by atoms with van der Waals surface area (Å²) in [5.41, 5.74) is -5.47. The van der Waals surface area contributed by atoms with E-state index in [1.165, 1.54) is 6.92 Å². The van der Waals surface area contributed by atoms with Gasteiger partial charge in [-0.3, -0.25) is 14.4 Å². The Morgan fingerprint density at radius 2 is 1.38 bits per heavy atom. The van der Waals surface area contributed by atoms with E-state index in [0.29, 0.717) is 6.42 Å². The van der Waals surface area contributed by atoms with Crippen LogP contribution < -0.4 is 0 Å². The lowest BCUT2D eigenvalue weighted by molar-refractivity contribution is -0.322. The van der Waals surface area contributed by atoms with E-state index in [1.54, 1.807) is 56.1 Å². The second-order valence-corrected chi connectivity index (χ2v) is 18.6. The molecule has 0 aromatic carbocycles. The van der Waals surface area contributed by atoms with Crippen LogP contribution in [0.3, 0.4) is 0 Å². The number of methoxy groups -OCH3 is 4. The predicted octanol–water partition coefficient (Wildman–Crippen LogP) is 4.32. The highest BCUT2D eigenvalue weighted by atomic mass is 16.7. The summed E-state index contributed by atoms with van der Waals surface area (Å²) in [5.74, 6) is -4.62. The Labute approximate surface area is 346 Å². The Morgan fingerprint density at radius 3 is 1.90 bits per heavy atom. The lowest BCUT2D eigenvalue weighted by Crippen LogP contribution is -2.72. The highest BCUT2D eigenvalue weighted by molar-refractivity contribution is 5.90. The summed E-state index contributed by atoms with van der Waals surface area (Å²) in [6.45, 7) is 19.7. The molecule has 4 aliphatic heterocycles. The molecule has 4 saturated heterocycles. The fraction of sp³-hybridized carbons (Fsp3) is 0.930. The number of carbonyl (C=O) groups is 3. The molecule has 19 atom stereocenters. The van der Waals surface area contributed by atoms with Gasteiger partial charge in [0, 0.05) is 52.7 Å². The van der Waals surface area contributed by atoms with Gasteiger partial charge in [0.25, 0.3) is 0 Å². The molecule has 0 aliphatic carbocycles. The van der Waals surface area contributed by atoms with Gasteiger partial charge in [0.2, 0.25) is 0 Å². The summed E-state index contributed by atoms with van der Waals surface area (Å²) in [5, 5.41) is 12.3. The minimum Gasteiger partial charge on any atom is -0.460 e. The first-order valence-electron chi connectivity index (χ1n) is 21.0. The van der Waals surface area contributed by atoms with Crippen molar-refractivity contribution in [1.29, 1.82) is 0 Å². The zero-order valence-corrected chi connectivity index (χ0v) is 38.2. The van der Waals surface area contributed by atoms with E-state index in [0.717, 1.165) is 0 Å². The summed E-state index contributed by atoms with van der Waals surface area (Å²) in [7, 11) is 10.4. The van der Waals surface area contributed by atoms with Gasteiger partial charge in [-0.25, -0.2) is 0 Å². The summed E-state index contributed by atoms with van der Waals surface area (Å²) < 4.78 is 63.2. The number of hydrogen-bond acceptors (Lipinski definition) is 15. The van der Waals surface area contributed by atoms with E-state index < -0.39 is 113 Å². The zero-order valence-electron chi connectivity index (χ0n) is 38.2. The largest absolute Gasteiger partial charge is 0.460 e. The van der Waals surface area contributed by atoms with Crippen LogP contribution in [0.5, 0.6) is 0 Å². The molecule has 4 rings (SSSR count). The monoisotopic (exact) mass is 830 g/mol. The van der Waals surface area contributed by atoms with Crippen LogP contribution in [0, 0.1) is 29.1 Å². The highest BCUT2D eigenvalue weighted by Gasteiger charge is 2.69. The Morgan fingerprint density at radius 1 is 0.776 bits per heavy atom. The third kappa shape index (κ3) is 8.92. The maximum Gasteiger partial charge on any atom is 0.319 e. The van der Waals surface area contributed by atoms with Crippen molar-refractivity contribution in [1.82, 2.24) is 4.90 Å². The van der Waals surface area contributed by atoms with Crippen LogP contribution in [-0.4, -0.2) is 155 Å². The number of fused-ring (bicyclic) bond motifs is 1. The van der Waals surface area contributed by atoms with Crippen molar-refractivity contribution < 1.29 is 66.9 Å². The van der Waals surface area contributed by atoms with Crippen molar-refractivity contribution in [2.75, 3.05) is 42.5 Å². The number of esters is 2. The van der Waals surface area contributed by atoms with Crippen molar-refractivity contribution in [2.24, 2.45) is 29.1 Å². The first kappa shape index (κ1) is 48.9. The number of cyclic esters (lactones) is 1. The molecule has 58 heavy (non-hydrogen) atoms. The van der Waals surface area contributed by atoms with Gasteiger partial charge in [-0.05, 0) is 81.8 Å². The minimum atomic E-state index is -1.91. The zero-order chi connectivity index (χ0) is 43.9. The van der Waals surface area contributed by atoms with Crippen molar-refractivity contribution in [3.8, 4) is 0 Å². The molecule has 0 radical (unpaired) electrons. The second kappa shape index (κ2) is 18.7. The van der Waals surface area contributed by atoms with Gasteiger partial charge in [-0.15, -0.1) is 0 Å². The standard InChI is InChI=1S/C43H75NO14/c1-18-29-43(11,48)42(10)35(58-39(42)47)24(4)31(45)22(2)20-40(8,51-16)34(57-38-33(49-14)28(44(12)13)19-23(3)53-38)25(5)32(26(6)37(46)55-29)56-30-21-41(9,52-17)36(50-15)27(7)54-30/h22-30,32-36,38,48H,18-21H2,1-17H3/t22-,23-,24+,25+,26-,27+,28+,29-,30+,32+,33-,34-,35-,36+,38+,40-,41-,42?,43-/m1/s1. The number of rotatable bonds is 10. The van der Waals surface area contributed by atoms with Crippen molar-refractivity contribution >= 4 is 17.7 Å². The smallest absolute Gasteiger partial charge is 0.319 e. The summed E-state index contributed by atoms with van der Waals surface area (Å²) in [4.78, 5) is 44.5. The molecule has 15 heteroatoms. The van der Waals surface area contributed by atoms with Crippen molar-refractivity contribution in [3.05, 3.63) is 0 Å². The summed E-state index contributed by atoms with van der Waals surface area (Å²) in [6, 6.07) is -0.0525. The molecule has 1 N–H and O–H groups in total. The fourth-order valence-corrected chi connectivity index (χ4v) is 10.4. The Kier molecular flexibility index (Phi) is 15.7. The van der Waals surface area contributed by atoms with Gasteiger partial charge >= 0.3 is 11.9 Å². The SMILES string of the molecule is CC[C@H]1OC(=O)[C@H](C)[C@@H](O[C@H]2C[C@@](C)(OC)[C@@H](OC)[C@H](C)O2)[C@H](C)[C@@H](O[C@@H]2O[C@H](C)C[C@H](N(C)C)[C@H]2OC)[C@](C)(OC)C[C@@H](C)C(=O)[C@H](C)[C@H]2OC(=O)C2(C)[C@]1(C)O. The molecule has 0 aromatic heterocycles. The Hall–Kier alpha value is -1.79. The molecule has 0 aromatic rings. The van der Waals surface area contributed by atoms with Gasteiger partial charge in [0.05, 0.1) is 47.5 Å². The number of nitrogens with zero attached hydrogens (tertiary/aromatic N) is 1. The van der Waals surface area contributed by atoms with E-state index in [9.17, 15) is 19.5 Å². The second-order valence-electron chi connectivity index (χ2n) is 18.6. The third-order valence-corrected chi connectivity index (χ3v) is 14.4. The van der Waals surface area contributed by atoms with Crippen LogP contribution in [-0.2, 0) is 61.8 Å². The van der Waals surface area contributed by atoms with E-state index >= 15 is 0 Å². The lowest BCUT2D eigenvalue weighted by atomic mass is 9.60. The molecule has 0 amide bonds. The van der Waals surface area contributed by atoms with Gasteiger partial charge < -0.3 is 57.4 Å². The van der Waals surface area contributed by atoms with Crippen LogP contribution in [0.2, 0.25) is 0 Å². The number of carbonyl (C=O) groups excluding carboxylic acids is 3. The maximum absolute atomic E-state index is 14.6. The molecule has 0 spiro atoms. The van der Waals surface area contributed by atoms with Crippen LogP contribution in [0.4, 0.5) is 0 Å². The Balaban J connectivity index is 1.92. The first-order valence-corrected chi connectivity index (χ1v) is 21.0. The highest BCUT2D eigenvalue weighted by Crippen LogP contribution is 2.52. The number of Topliss-reactive ketones (excluding diaryl/α,β-unsaturated/α-hetero) is 1. The average molecular weight is 830 g/mol. The molecular weight excluding hydrogens is 754 g/mol. The Bertz CT molecular complexity index is 1430. The van der Waals surface area contributed by atoms with Crippen molar-refractivity contribution in [3.63, 3.8) is 0 Å². The minimum absolute atomic E-state index is 0.0525. The summed E-state index contributed by atoms with van der Waals surface area (Å²) >= 11 is 0. The number of likely N-dealkylation sites (N-methyl/N-ethyl adjacent to an activating group) is 1. The van der Waals surface area contributed by atoms with Gasteiger partial charge in [0.1, 0.15) is 41.2 Å². The normalized spacial score (nSPS) is 48.6. The molecule has 4 aliphatic rings. The van der Waals surface area contributed by atoms with E-state index in [2.05, 4.69) is 4.90 Å². The molecule has 15 nitrogen and oxygen atoms in total. The molecule has 4 heterocycles. The lowest BCUT2D eigenvalue weighted by Gasteiger charge is -2.55.